The summed E-state index contributed by atoms with van der Waals surface area (Å²) in [6.45, 7) is 3.25. The Bertz CT molecular complexity index is 1040. The predicted octanol–water partition coefficient (Wildman–Crippen LogP) is 4.09. The highest BCUT2D eigenvalue weighted by atomic mass is 35.5. The molecule has 1 aliphatic rings. The first kappa shape index (κ1) is 21.0. The second kappa shape index (κ2) is 9.26. The van der Waals surface area contributed by atoms with Crippen molar-refractivity contribution in [1.82, 2.24) is 14.8 Å². The van der Waals surface area contributed by atoms with Gasteiger partial charge in [-0.15, -0.1) is 22.7 Å². The Morgan fingerprint density at radius 3 is 2.50 bits per heavy atom. The number of rotatable bonds is 5. The van der Waals surface area contributed by atoms with Gasteiger partial charge >= 0.3 is 0 Å². The van der Waals surface area contributed by atoms with E-state index in [-0.39, 0.29) is 18.2 Å². The van der Waals surface area contributed by atoms with Crippen LogP contribution in [0.2, 0.25) is 4.34 Å². The van der Waals surface area contributed by atoms with Crippen molar-refractivity contribution in [3.63, 3.8) is 0 Å². The first-order valence-corrected chi connectivity index (χ1v) is 11.6. The fraction of sp³-hybridized carbons (Fsp3) is 0.286. The lowest BCUT2D eigenvalue weighted by Gasteiger charge is -2.32. The number of hydrogen-bond donors (Lipinski definition) is 1. The van der Waals surface area contributed by atoms with Crippen molar-refractivity contribution in [2.24, 2.45) is 0 Å². The molecule has 3 aromatic rings. The Labute approximate surface area is 188 Å². The van der Waals surface area contributed by atoms with E-state index in [1.807, 2.05) is 22.4 Å². The Hall–Kier alpha value is -2.26. The number of halogens is 1. The Kier molecular flexibility index (Phi) is 6.48. The number of aromatic nitrogens is 1. The summed E-state index contributed by atoms with van der Waals surface area (Å²) in [6, 6.07) is 10.8. The molecule has 2 aromatic heterocycles. The minimum absolute atomic E-state index is 0.0321. The zero-order valence-electron chi connectivity index (χ0n) is 16.4. The highest BCUT2D eigenvalue weighted by Gasteiger charge is 2.20. The summed E-state index contributed by atoms with van der Waals surface area (Å²) < 4.78 is 0.717. The number of benzene rings is 1. The number of hydrogen-bond acceptors (Lipinski definition) is 6. The predicted molar refractivity (Wildman–Crippen MR) is 123 cm³/mol. The summed E-state index contributed by atoms with van der Waals surface area (Å²) in [5.74, 6) is -0.112. The molecule has 1 aromatic carbocycles. The third kappa shape index (κ3) is 5.07. The van der Waals surface area contributed by atoms with Crippen LogP contribution in [0, 0.1) is 0 Å². The van der Waals surface area contributed by atoms with Crippen molar-refractivity contribution in [3.8, 4) is 9.88 Å². The van der Waals surface area contributed by atoms with Crippen molar-refractivity contribution in [1.29, 1.82) is 0 Å². The summed E-state index contributed by atoms with van der Waals surface area (Å²) >= 11 is 8.95. The van der Waals surface area contributed by atoms with Gasteiger partial charge in [-0.1, -0.05) is 11.6 Å². The van der Waals surface area contributed by atoms with Crippen LogP contribution >= 0.6 is 34.3 Å². The van der Waals surface area contributed by atoms with E-state index < -0.39 is 0 Å². The standard InChI is InChI=1S/C21H21ClN4O2S2/c1-25-8-10-26(11-9-25)21(28)14-2-4-15(5-3-14)23-19(27)12-16-13-29-20(24-16)17-6-7-18(22)30-17/h2-7,13H,8-12H2,1H3,(H,23,27). The molecule has 0 unspecified atom stereocenters. The SMILES string of the molecule is CN1CCN(C(=O)c2ccc(NC(=O)Cc3csc(-c4ccc(Cl)s4)n3)cc2)CC1. The van der Waals surface area contributed by atoms with Crippen molar-refractivity contribution in [2.45, 2.75) is 6.42 Å². The maximum absolute atomic E-state index is 12.6. The van der Waals surface area contributed by atoms with E-state index in [4.69, 9.17) is 11.6 Å². The average Bonchev–Trinajstić information content (AvgIpc) is 3.37. The molecular formula is C21H21ClN4O2S2. The minimum atomic E-state index is -0.144. The zero-order chi connectivity index (χ0) is 21.1. The number of nitrogens with zero attached hydrogens (tertiary/aromatic N) is 3. The van der Waals surface area contributed by atoms with Crippen LogP contribution in [-0.2, 0) is 11.2 Å². The average molecular weight is 461 g/mol. The number of amides is 2. The van der Waals surface area contributed by atoms with E-state index in [1.54, 1.807) is 24.3 Å². The first-order valence-electron chi connectivity index (χ1n) is 9.56. The zero-order valence-corrected chi connectivity index (χ0v) is 18.8. The van der Waals surface area contributed by atoms with Crippen LogP contribution in [0.5, 0.6) is 0 Å². The Morgan fingerprint density at radius 2 is 1.83 bits per heavy atom. The van der Waals surface area contributed by atoms with Crippen molar-refractivity contribution < 1.29 is 9.59 Å². The number of piperazine rings is 1. The number of thiazole rings is 1. The molecule has 1 fully saturated rings. The lowest BCUT2D eigenvalue weighted by atomic mass is 10.1. The maximum atomic E-state index is 12.6. The molecule has 6 nitrogen and oxygen atoms in total. The van der Waals surface area contributed by atoms with Gasteiger partial charge in [0.2, 0.25) is 5.91 Å². The first-order chi connectivity index (χ1) is 14.5. The molecular weight excluding hydrogens is 440 g/mol. The Morgan fingerprint density at radius 1 is 1.10 bits per heavy atom. The smallest absolute Gasteiger partial charge is 0.253 e. The van der Waals surface area contributed by atoms with Crippen LogP contribution in [-0.4, -0.2) is 59.8 Å². The van der Waals surface area contributed by atoms with Crippen molar-refractivity contribution in [2.75, 3.05) is 38.5 Å². The molecule has 0 saturated carbocycles. The Balaban J connectivity index is 1.32. The minimum Gasteiger partial charge on any atom is -0.336 e. The van der Waals surface area contributed by atoms with E-state index in [0.717, 1.165) is 41.8 Å². The van der Waals surface area contributed by atoms with Crippen LogP contribution in [0.3, 0.4) is 0 Å². The fourth-order valence-electron chi connectivity index (χ4n) is 3.19. The molecule has 9 heteroatoms. The van der Waals surface area contributed by atoms with E-state index in [1.165, 1.54) is 22.7 Å². The van der Waals surface area contributed by atoms with Crippen molar-refractivity contribution >= 4 is 51.8 Å². The molecule has 0 bridgehead atoms. The van der Waals surface area contributed by atoms with Gasteiger partial charge in [-0.3, -0.25) is 9.59 Å². The van der Waals surface area contributed by atoms with Crippen LogP contribution in [0.4, 0.5) is 5.69 Å². The second-order valence-electron chi connectivity index (χ2n) is 7.15. The van der Waals surface area contributed by atoms with Gasteiger partial charge in [0.25, 0.3) is 5.91 Å². The quantitative estimate of drug-likeness (QED) is 0.622. The third-order valence-corrected chi connectivity index (χ3v) is 7.17. The monoisotopic (exact) mass is 460 g/mol. The van der Waals surface area contributed by atoms with Gasteiger partial charge in [0.1, 0.15) is 5.01 Å². The molecule has 30 heavy (non-hydrogen) atoms. The van der Waals surface area contributed by atoms with Gasteiger partial charge in [-0.05, 0) is 43.4 Å². The molecule has 1 saturated heterocycles. The van der Waals surface area contributed by atoms with E-state index in [2.05, 4.69) is 22.2 Å². The van der Waals surface area contributed by atoms with Crippen LogP contribution in [0.25, 0.3) is 9.88 Å². The summed E-state index contributed by atoms with van der Waals surface area (Å²) in [6.07, 6.45) is 0.192. The topological polar surface area (TPSA) is 65.5 Å². The lowest BCUT2D eigenvalue weighted by molar-refractivity contribution is -0.115. The lowest BCUT2D eigenvalue weighted by Crippen LogP contribution is -2.47. The largest absolute Gasteiger partial charge is 0.336 e. The second-order valence-corrected chi connectivity index (χ2v) is 9.72. The van der Waals surface area contributed by atoms with Crippen LogP contribution < -0.4 is 5.32 Å². The number of nitrogens with one attached hydrogen (secondary N) is 1. The molecule has 0 spiro atoms. The molecule has 0 radical (unpaired) electrons. The van der Waals surface area contributed by atoms with E-state index >= 15 is 0 Å². The van der Waals surface area contributed by atoms with Gasteiger partial charge in [0.15, 0.2) is 0 Å². The summed E-state index contributed by atoms with van der Waals surface area (Å²) in [7, 11) is 2.06. The molecule has 156 valence electrons. The summed E-state index contributed by atoms with van der Waals surface area (Å²) in [5.41, 5.74) is 2.02. The van der Waals surface area contributed by atoms with Crippen LogP contribution in [0.1, 0.15) is 16.1 Å². The molecule has 0 atom stereocenters. The molecule has 2 amide bonds. The van der Waals surface area contributed by atoms with Gasteiger partial charge < -0.3 is 15.1 Å². The maximum Gasteiger partial charge on any atom is 0.253 e. The molecule has 0 aliphatic carbocycles. The summed E-state index contributed by atoms with van der Waals surface area (Å²) in [4.78, 5) is 34.6. The summed E-state index contributed by atoms with van der Waals surface area (Å²) in [5, 5.41) is 5.62. The highest BCUT2D eigenvalue weighted by molar-refractivity contribution is 7.23. The number of likely N-dealkylation sites (N-methyl/N-ethyl adjacent to an activating group) is 1. The van der Waals surface area contributed by atoms with Crippen molar-refractivity contribution in [3.05, 3.63) is 57.4 Å². The van der Waals surface area contributed by atoms with Crippen LogP contribution in [0.15, 0.2) is 41.8 Å². The van der Waals surface area contributed by atoms with E-state index in [0.29, 0.717) is 15.6 Å². The number of carbonyl (C=O) groups is 2. The van der Waals surface area contributed by atoms with Gasteiger partial charge in [-0.25, -0.2) is 4.98 Å². The highest BCUT2D eigenvalue weighted by Crippen LogP contribution is 2.33. The number of anilines is 1. The van der Waals surface area contributed by atoms with Gasteiger partial charge in [-0.2, -0.15) is 0 Å². The number of carbonyl (C=O) groups excluding carboxylic acids is 2. The third-order valence-electron chi connectivity index (χ3n) is 4.88. The molecule has 1 aliphatic heterocycles. The van der Waals surface area contributed by atoms with Gasteiger partial charge in [0.05, 0.1) is 21.3 Å². The van der Waals surface area contributed by atoms with Gasteiger partial charge in [0, 0.05) is 42.8 Å². The fourth-order valence-corrected chi connectivity index (χ4v) is 5.12. The molecule has 3 heterocycles. The number of thiophene rings is 1. The van der Waals surface area contributed by atoms with E-state index in [9.17, 15) is 9.59 Å². The molecule has 1 N–H and O–H groups in total. The normalized spacial score (nSPS) is 14.7. The molecule has 4 rings (SSSR count).